The van der Waals surface area contributed by atoms with Gasteiger partial charge in [-0.2, -0.15) is 0 Å². The fraction of sp³-hybridized carbons (Fsp3) is 0.387. The Labute approximate surface area is 214 Å². The second-order valence-electron chi connectivity index (χ2n) is 11.3. The van der Waals surface area contributed by atoms with Crippen LogP contribution in [-0.4, -0.2) is 36.3 Å². The maximum atomic E-state index is 13.5. The second kappa shape index (κ2) is 10.4. The lowest BCUT2D eigenvalue weighted by atomic mass is 9.75. The van der Waals surface area contributed by atoms with Crippen LogP contribution in [0.25, 0.3) is 0 Å². The molecule has 0 spiro atoms. The van der Waals surface area contributed by atoms with Crippen LogP contribution >= 0.6 is 0 Å². The summed E-state index contributed by atoms with van der Waals surface area (Å²) < 4.78 is 10.5. The van der Waals surface area contributed by atoms with Crippen LogP contribution in [-0.2, 0) is 10.8 Å². The van der Waals surface area contributed by atoms with Crippen LogP contribution in [0.4, 0.5) is 0 Å². The molecule has 192 valence electrons. The van der Waals surface area contributed by atoms with Gasteiger partial charge in [-0.15, -0.1) is 0 Å². The van der Waals surface area contributed by atoms with E-state index in [1.807, 2.05) is 77.9 Å². The summed E-state index contributed by atoms with van der Waals surface area (Å²) in [5.41, 5.74) is 2.77. The standard InChI is InChI=1S/C31H38O5/c1-30(2,3)24-17-21(18-25(28(24)33)31(4,5)6)26(19-9-13-22(35-7)14-10-19)29(34)27(32)20-11-15-23(36-8)16-12-20/h9-18,26,29,33-34H,1-8H3/t26-,29+/m0/s1. The quantitative estimate of drug-likeness (QED) is 0.376. The molecule has 0 aliphatic rings. The molecule has 2 N–H and O–H groups in total. The van der Waals surface area contributed by atoms with Gasteiger partial charge in [0.15, 0.2) is 5.78 Å². The average molecular weight is 491 g/mol. The molecule has 0 amide bonds. The van der Waals surface area contributed by atoms with E-state index in [9.17, 15) is 15.0 Å². The first-order valence-electron chi connectivity index (χ1n) is 12.2. The number of hydrogen-bond donors (Lipinski definition) is 2. The smallest absolute Gasteiger partial charge is 0.192 e. The van der Waals surface area contributed by atoms with Crippen molar-refractivity contribution >= 4 is 5.78 Å². The zero-order chi connectivity index (χ0) is 26.8. The number of hydrogen-bond acceptors (Lipinski definition) is 5. The normalized spacial score (nSPS) is 13.7. The molecule has 3 aromatic rings. The Balaban J connectivity index is 2.23. The Kier molecular flexibility index (Phi) is 7.85. The molecule has 0 aromatic heterocycles. The van der Waals surface area contributed by atoms with Crippen LogP contribution in [0.1, 0.15) is 80.1 Å². The first kappa shape index (κ1) is 27.3. The van der Waals surface area contributed by atoms with Gasteiger partial charge in [0.1, 0.15) is 23.4 Å². The molecule has 0 heterocycles. The molecule has 5 heteroatoms. The highest BCUT2D eigenvalue weighted by molar-refractivity contribution is 6.00. The number of Topliss-reactive ketones (excluding diaryl/α,β-unsaturated/α-hetero) is 1. The van der Waals surface area contributed by atoms with Crippen molar-refractivity contribution in [2.75, 3.05) is 14.2 Å². The predicted octanol–water partition coefficient (Wildman–Crippen LogP) is 6.38. The highest BCUT2D eigenvalue weighted by atomic mass is 16.5. The van der Waals surface area contributed by atoms with E-state index >= 15 is 0 Å². The molecule has 0 saturated heterocycles. The van der Waals surface area contributed by atoms with Crippen molar-refractivity contribution in [2.24, 2.45) is 0 Å². The summed E-state index contributed by atoms with van der Waals surface area (Å²) in [4.78, 5) is 13.5. The number of methoxy groups -OCH3 is 2. The third-order valence-electron chi connectivity index (χ3n) is 6.54. The van der Waals surface area contributed by atoms with Crippen molar-refractivity contribution < 1.29 is 24.5 Å². The number of carbonyl (C=O) groups excluding carboxylic acids is 1. The number of phenols is 1. The minimum atomic E-state index is -1.35. The Morgan fingerprint density at radius 3 is 1.53 bits per heavy atom. The lowest BCUT2D eigenvalue weighted by molar-refractivity contribution is 0.0715. The van der Waals surface area contributed by atoms with Crippen LogP contribution in [0, 0.1) is 0 Å². The Bertz CT molecular complexity index is 1160. The van der Waals surface area contributed by atoms with E-state index in [4.69, 9.17) is 9.47 Å². The Morgan fingerprint density at radius 2 is 1.14 bits per heavy atom. The van der Waals surface area contributed by atoms with Crippen LogP contribution in [0.2, 0.25) is 0 Å². The molecule has 3 aromatic carbocycles. The first-order valence-corrected chi connectivity index (χ1v) is 12.2. The van der Waals surface area contributed by atoms with Crippen LogP contribution in [0.3, 0.4) is 0 Å². The summed E-state index contributed by atoms with van der Waals surface area (Å²) in [7, 11) is 3.16. The fourth-order valence-corrected chi connectivity index (χ4v) is 4.43. The molecular weight excluding hydrogens is 452 g/mol. The predicted molar refractivity (Wildman–Crippen MR) is 144 cm³/mol. The second-order valence-corrected chi connectivity index (χ2v) is 11.3. The lowest BCUT2D eigenvalue weighted by Crippen LogP contribution is -2.30. The zero-order valence-electron chi connectivity index (χ0n) is 22.5. The molecule has 0 fully saturated rings. The van der Waals surface area contributed by atoms with E-state index in [-0.39, 0.29) is 22.4 Å². The largest absolute Gasteiger partial charge is 0.507 e. The van der Waals surface area contributed by atoms with Crippen LogP contribution < -0.4 is 9.47 Å². The molecule has 0 unspecified atom stereocenters. The van der Waals surface area contributed by atoms with Crippen LogP contribution in [0.5, 0.6) is 17.2 Å². The third kappa shape index (κ3) is 5.73. The summed E-state index contributed by atoms with van der Waals surface area (Å²) in [5.74, 6) is 0.526. The van der Waals surface area contributed by atoms with E-state index in [0.717, 1.165) is 22.3 Å². The number of aliphatic hydroxyl groups is 1. The van der Waals surface area contributed by atoms with Crippen molar-refractivity contribution in [1.29, 1.82) is 0 Å². The minimum Gasteiger partial charge on any atom is -0.507 e. The van der Waals surface area contributed by atoms with E-state index in [1.165, 1.54) is 0 Å². The lowest BCUT2D eigenvalue weighted by Gasteiger charge is -2.31. The summed E-state index contributed by atoms with van der Waals surface area (Å²) in [5, 5.41) is 22.8. The molecule has 3 rings (SSSR count). The summed E-state index contributed by atoms with van der Waals surface area (Å²) in [6.07, 6.45) is -1.35. The van der Waals surface area contributed by atoms with Gasteiger partial charge >= 0.3 is 0 Å². The number of ketones is 1. The van der Waals surface area contributed by atoms with Crippen molar-refractivity contribution in [2.45, 2.75) is 64.4 Å². The maximum Gasteiger partial charge on any atom is 0.192 e. The topological polar surface area (TPSA) is 76.0 Å². The van der Waals surface area contributed by atoms with Gasteiger partial charge in [-0.1, -0.05) is 65.8 Å². The molecule has 36 heavy (non-hydrogen) atoms. The van der Waals surface area contributed by atoms with Gasteiger partial charge in [-0.05, 0) is 69.5 Å². The number of rotatable bonds is 7. The highest BCUT2D eigenvalue weighted by Crippen LogP contribution is 2.43. The fourth-order valence-electron chi connectivity index (χ4n) is 4.43. The van der Waals surface area contributed by atoms with E-state index < -0.39 is 12.0 Å². The number of carbonyl (C=O) groups is 1. The van der Waals surface area contributed by atoms with Gasteiger partial charge in [0.2, 0.25) is 0 Å². The summed E-state index contributed by atoms with van der Waals surface area (Å²) in [6.45, 7) is 12.2. The monoisotopic (exact) mass is 490 g/mol. The SMILES string of the molecule is COc1ccc(C(=O)[C@H](O)[C@@H](c2ccc(OC)cc2)c2cc(C(C)(C)C)c(O)c(C(C)(C)C)c2)cc1. The van der Waals surface area contributed by atoms with E-state index in [0.29, 0.717) is 17.1 Å². The summed E-state index contributed by atoms with van der Waals surface area (Å²) in [6, 6.07) is 18.0. The maximum absolute atomic E-state index is 13.5. The van der Waals surface area contributed by atoms with Gasteiger partial charge in [0.25, 0.3) is 0 Å². The number of aliphatic hydroxyl groups excluding tert-OH is 1. The molecule has 0 aliphatic heterocycles. The van der Waals surface area contributed by atoms with E-state index in [2.05, 4.69) is 0 Å². The molecular formula is C31H38O5. The molecule has 2 atom stereocenters. The zero-order valence-corrected chi connectivity index (χ0v) is 22.5. The van der Waals surface area contributed by atoms with Gasteiger partial charge in [0.05, 0.1) is 14.2 Å². The third-order valence-corrected chi connectivity index (χ3v) is 6.54. The van der Waals surface area contributed by atoms with Crippen molar-refractivity contribution in [3.63, 3.8) is 0 Å². The van der Waals surface area contributed by atoms with Gasteiger partial charge < -0.3 is 19.7 Å². The number of phenolic OH excluding ortho intramolecular Hbond substituents is 1. The van der Waals surface area contributed by atoms with Crippen molar-refractivity contribution in [3.8, 4) is 17.2 Å². The minimum absolute atomic E-state index is 0.253. The Hall–Kier alpha value is -3.31. The number of benzene rings is 3. The average Bonchev–Trinajstić information content (AvgIpc) is 2.83. The van der Waals surface area contributed by atoms with Crippen LogP contribution in [0.15, 0.2) is 60.7 Å². The molecule has 5 nitrogen and oxygen atoms in total. The molecule has 0 radical (unpaired) electrons. The van der Waals surface area contributed by atoms with Crippen molar-refractivity contribution in [3.05, 3.63) is 88.5 Å². The first-order chi connectivity index (χ1) is 16.8. The van der Waals surface area contributed by atoms with Crippen molar-refractivity contribution in [1.82, 2.24) is 0 Å². The number of aromatic hydroxyl groups is 1. The van der Waals surface area contributed by atoms with Gasteiger partial charge in [0, 0.05) is 11.5 Å². The Morgan fingerprint density at radius 1 is 0.722 bits per heavy atom. The van der Waals surface area contributed by atoms with Gasteiger partial charge in [-0.25, -0.2) is 0 Å². The van der Waals surface area contributed by atoms with E-state index in [1.54, 1.807) is 38.5 Å². The molecule has 0 aliphatic carbocycles. The number of ether oxygens (including phenoxy) is 2. The molecule has 0 bridgehead atoms. The summed E-state index contributed by atoms with van der Waals surface area (Å²) >= 11 is 0. The van der Waals surface area contributed by atoms with Gasteiger partial charge in [-0.3, -0.25) is 4.79 Å². The molecule has 0 saturated carbocycles. The highest BCUT2D eigenvalue weighted by Gasteiger charge is 2.34.